The van der Waals surface area contributed by atoms with Gasteiger partial charge in [-0.15, -0.1) is 0 Å². The molecule has 9 heteroatoms. The number of hydrogen-bond acceptors (Lipinski definition) is 6. The zero-order valence-electron chi connectivity index (χ0n) is 24.3. The lowest BCUT2D eigenvalue weighted by Crippen LogP contribution is -2.36. The van der Waals surface area contributed by atoms with E-state index < -0.39 is 5.41 Å². The highest BCUT2D eigenvalue weighted by Gasteiger charge is 2.24. The van der Waals surface area contributed by atoms with Crippen molar-refractivity contribution in [2.24, 2.45) is 13.0 Å². The van der Waals surface area contributed by atoms with Crippen LogP contribution in [0.4, 0.5) is 5.82 Å². The summed E-state index contributed by atoms with van der Waals surface area (Å²) in [6.07, 6.45) is 5.19. The summed E-state index contributed by atoms with van der Waals surface area (Å²) in [5, 5.41) is 13.3. The SMILES string of the molecule is CN1CCC(C(=O)Nc2ccc(-c3ccc4ncc5c(c4c3)n(-c3ccc(C(C)(C)C#N)cc3)c(=O)n5C)cn2)CC1. The second-order valence-electron chi connectivity index (χ2n) is 11.7. The van der Waals surface area contributed by atoms with Crippen LogP contribution in [0.3, 0.4) is 0 Å². The lowest BCUT2D eigenvalue weighted by atomic mass is 9.86. The average molecular weight is 560 g/mol. The molecule has 0 spiro atoms. The van der Waals surface area contributed by atoms with Crippen molar-refractivity contribution in [3.63, 3.8) is 0 Å². The van der Waals surface area contributed by atoms with Gasteiger partial charge in [0, 0.05) is 30.1 Å². The molecule has 1 aliphatic heterocycles. The van der Waals surface area contributed by atoms with Crippen LogP contribution in [0.1, 0.15) is 32.3 Å². The Bertz CT molecular complexity index is 1900. The molecule has 4 heterocycles. The minimum Gasteiger partial charge on any atom is -0.310 e. The number of nitrogens with zero attached hydrogens (tertiary/aromatic N) is 6. The molecule has 5 aromatic rings. The third kappa shape index (κ3) is 4.84. The molecule has 42 heavy (non-hydrogen) atoms. The third-order valence-electron chi connectivity index (χ3n) is 8.45. The Balaban J connectivity index is 1.36. The smallest absolute Gasteiger partial charge is 0.310 e. The molecule has 3 aromatic heterocycles. The Morgan fingerprint density at radius 1 is 0.976 bits per heavy atom. The highest BCUT2D eigenvalue weighted by Crippen LogP contribution is 2.31. The number of nitrogens with one attached hydrogen (secondary N) is 1. The minimum absolute atomic E-state index is 0.00980. The van der Waals surface area contributed by atoms with Crippen molar-refractivity contribution in [2.45, 2.75) is 32.1 Å². The number of piperidine rings is 1. The van der Waals surface area contributed by atoms with Crippen LogP contribution in [0.15, 0.2) is 71.8 Å². The first-order valence-corrected chi connectivity index (χ1v) is 14.1. The van der Waals surface area contributed by atoms with Gasteiger partial charge in [-0.3, -0.25) is 18.9 Å². The highest BCUT2D eigenvalue weighted by atomic mass is 16.2. The van der Waals surface area contributed by atoms with Crippen LogP contribution in [0, 0.1) is 17.2 Å². The maximum absolute atomic E-state index is 13.5. The molecule has 6 rings (SSSR count). The fourth-order valence-electron chi connectivity index (χ4n) is 5.65. The first-order valence-electron chi connectivity index (χ1n) is 14.1. The van der Waals surface area contributed by atoms with E-state index in [1.54, 1.807) is 28.6 Å². The zero-order chi connectivity index (χ0) is 29.6. The quantitative estimate of drug-likeness (QED) is 0.324. The number of anilines is 1. The Morgan fingerprint density at radius 3 is 2.36 bits per heavy atom. The van der Waals surface area contributed by atoms with Gasteiger partial charge < -0.3 is 10.2 Å². The van der Waals surface area contributed by atoms with Gasteiger partial charge in [-0.25, -0.2) is 9.78 Å². The summed E-state index contributed by atoms with van der Waals surface area (Å²) in [6.45, 7) is 5.60. The van der Waals surface area contributed by atoms with Crippen molar-refractivity contribution in [1.29, 1.82) is 5.26 Å². The van der Waals surface area contributed by atoms with Crippen molar-refractivity contribution < 1.29 is 4.79 Å². The van der Waals surface area contributed by atoms with E-state index in [4.69, 9.17) is 0 Å². The first-order chi connectivity index (χ1) is 20.2. The first kappa shape index (κ1) is 27.4. The van der Waals surface area contributed by atoms with Crippen molar-refractivity contribution in [3.05, 3.63) is 83.0 Å². The van der Waals surface area contributed by atoms with E-state index in [9.17, 15) is 14.9 Å². The number of fused-ring (bicyclic) bond motifs is 3. The number of carbonyl (C=O) groups is 1. The van der Waals surface area contributed by atoms with E-state index in [2.05, 4.69) is 33.3 Å². The summed E-state index contributed by atoms with van der Waals surface area (Å²) in [7, 11) is 3.82. The van der Waals surface area contributed by atoms with Crippen LogP contribution >= 0.6 is 0 Å². The number of amides is 1. The molecule has 0 radical (unpaired) electrons. The number of carbonyl (C=O) groups excluding carboxylic acids is 1. The number of pyridine rings is 2. The summed E-state index contributed by atoms with van der Waals surface area (Å²) in [6, 6.07) is 19.6. The summed E-state index contributed by atoms with van der Waals surface area (Å²) in [5.74, 6) is 0.566. The molecule has 0 saturated carbocycles. The van der Waals surface area contributed by atoms with E-state index in [0.29, 0.717) is 11.5 Å². The van der Waals surface area contributed by atoms with Crippen molar-refractivity contribution >= 4 is 33.7 Å². The topological polar surface area (TPSA) is 109 Å². The standard InChI is InChI=1S/C33H33N7O2/c1-33(2,20-34)24-7-9-25(10-8-24)40-30-26-17-22(5-11-27(26)35-19-28(30)39(4)32(40)42)23-6-12-29(36-18-23)37-31(41)21-13-15-38(3)16-14-21/h5-12,17-19,21H,13-16H2,1-4H3,(H,36,37,41). The van der Waals surface area contributed by atoms with Gasteiger partial charge in [0.25, 0.3) is 0 Å². The number of nitriles is 1. The second kappa shape index (κ2) is 10.5. The number of aryl methyl sites for hydroxylation is 1. The largest absolute Gasteiger partial charge is 0.333 e. The van der Waals surface area contributed by atoms with E-state index in [0.717, 1.165) is 64.6 Å². The predicted octanol–water partition coefficient (Wildman–Crippen LogP) is 5.02. The fraction of sp³-hybridized carbons (Fsp3) is 0.303. The lowest BCUT2D eigenvalue weighted by molar-refractivity contribution is -0.121. The highest BCUT2D eigenvalue weighted by molar-refractivity contribution is 6.04. The molecular weight excluding hydrogens is 526 g/mol. The molecule has 1 amide bonds. The summed E-state index contributed by atoms with van der Waals surface area (Å²) < 4.78 is 3.30. The number of rotatable bonds is 5. The number of hydrogen-bond donors (Lipinski definition) is 1. The molecule has 2 aromatic carbocycles. The summed E-state index contributed by atoms with van der Waals surface area (Å²) in [5.41, 5.74) is 4.85. The van der Waals surface area contributed by atoms with Crippen LogP contribution in [0.2, 0.25) is 0 Å². The lowest BCUT2D eigenvalue weighted by Gasteiger charge is -2.27. The molecule has 0 bridgehead atoms. The van der Waals surface area contributed by atoms with E-state index in [-0.39, 0.29) is 17.5 Å². The van der Waals surface area contributed by atoms with Crippen molar-refractivity contribution in [2.75, 3.05) is 25.5 Å². The minimum atomic E-state index is -0.632. The third-order valence-corrected chi connectivity index (χ3v) is 8.45. The summed E-state index contributed by atoms with van der Waals surface area (Å²) >= 11 is 0. The van der Waals surface area contributed by atoms with Gasteiger partial charge in [-0.1, -0.05) is 18.2 Å². The zero-order valence-corrected chi connectivity index (χ0v) is 24.3. The van der Waals surface area contributed by atoms with Gasteiger partial charge in [-0.2, -0.15) is 5.26 Å². The van der Waals surface area contributed by atoms with E-state index in [1.807, 2.05) is 68.4 Å². The monoisotopic (exact) mass is 559 g/mol. The van der Waals surface area contributed by atoms with Crippen LogP contribution in [0.5, 0.6) is 0 Å². The Morgan fingerprint density at radius 2 is 1.69 bits per heavy atom. The molecule has 0 unspecified atom stereocenters. The maximum Gasteiger partial charge on any atom is 0.333 e. The molecule has 212 valence electrons. The molecule has 1 saturated heterocycles. The number of imidazole rings is 1. The van der Waals surface area contributed by atoms with Gasteiger partial charge in [0.2, 0.25) is 5.91 Å². The van der Waals surface area contributed by atoms with Crippen molar-refractivity contribution in [1.82, 2.24) is 24.0 Å². The van der Waals surface area contributed by atoms with Crippen LogP contribution < -0.4 is 11.0 Å². The number of benzene rings is 2. The molecule has 0 aliphatic carbocycles. The molecule has 1 aliphatic rings. The maximum atomic E-state index is 13.5. The summed E-state index contributed by atoms with van der Waals surface area (Å²) in [4.78, 5) is 37.6. The number of aromatic nitrogens is 4. The van der Waals surface area contributed by atoms with Gasteiger partial charge >= 0.3 is 5.69 Å². The van der Waals surface area contributed by atoms with E-state index >= 15 is 0 Å². The predicted molar refractivity (Wildman–Crippen MR) is 165 cm³/mol. The van der Waals surface area contributed by atoms with Gasteiger partial charge in [0.15, 0.2) is 0 Å². The van der Waals surface area contributed by atoms with Crippen LogP contribution in [-0.2, 0) is 17.3 Å². The second-order valence-corrected chi connectivity index (χ2v) is 11.7. The van der Waals surface area contributed by atoms with Gasteiger partial charge in [0.1, 0.15) is 5.82 Å². The normalized spacial score (nSPS) is 14.7. The molecule has 1 fully saturated rings. The molecule has 1 N–H and O–H groups in total. The molecule has 0 atom stereocenters. The van der Waals surface area contributed by atoms with Crippen LogP contribution in [-0.4, -0.2) is 50.0 Å². The Kier molecular flexibility index (Phi) is 6.87. The fourth-order valence-corrected chi connectivity index (χ4v) is 5.65. The number of likely N-dealkylation sites (tertiary alicyclic amines) is 1. The molecule has 9 nitrogen and oxygen atoms in total. The Labute approximate surface area is 244 Å². The van der Waals surface area contributed by atoms with Gasteiger partial charge in [0.05, 0.1) is 39.9 Å². The van der Waals surface area contributed by atoms with Gasteiger partial charge in [-0.05, 0) is 94.4 Å². The van der Waals surface area contributed by atoms with E-state index in [1.165, 1.54) is 0 Å². The average Bonchev–Trinajstić information content (AvgIpc) is 3.27. The van der Waals surface area contributed by atoms with Crippen LogP contribution in [0.25, 0.3) is 38.8 Å². The Hall–Kier alpha value is -4.81. The molecular formula is C33H33N7O2. The van der Waals surface area contributed by atoms with Crippen molar-refractivity contribution in [3.8, 4) is 22.9 Å².